The maximum atomic E-state index is 5.85. The van der Waals surface area contributed by atoms with Crippen molar-refractivity contribution < 1.29 is 0 Å². The topological polar surface area (TPSA) is 29.3 Å². The molecule has 0 fully saturated rings. The number of hydrogen-bond acceptors (Lipinski definition) is 2. The van der Waals surface area contributed by atoms with Crippen LogP contribution in [-0.4, -0.2) is 30.0 Å². The molecule has 0 aromatic heterocycles. The third-order valence-corrected chi connectivity index (χ3v) is 3.22. The summed E-state index contributed by atoms with van der Waals surface area (Å²) in [6.45, 7) is 4.21. The van der Waals surface area contributed by atoms with Gasteiger partial charge < -0.3 is 10.6 Å². The first-order valence-corrected chi connectivity index (χ1v) is 6.58. The van der Waals surface area contributed by atoms with Gasteiger partial charge in [-0.2, -0.15) is 0 Å². The van der Waals surface area contributed by atoms with E-state index in [1.807, 2.05) is 18.2 Å². The second kappa shape index (κ2) is 7.41. The molecule has 1 atom stereocenters. The van der Waals surface area contributed by atoms with Crippen molar-refractivity contribution in [1.29, 1.82) is 0 Å². The van der Waals surface area contributed by atoms with Crippen LogP contribution in [0.3, 0.4) is 0 Å². The lowest BCUT2D eigenvalue weighted by molar-refractivity contribution is 0.325. The van der Waals surface area contributed by atoms with E-state index < -0.39 is 0 Å². The number of likely N-dealkylation sites (N-methyl/N-ethyl adjacent to an activating group) is 1. The fourth-order valence-corrected chi connectivity index (χ4v) is 2.09. The fraction of sp³-hybridized carbons (Fsp3) is 0.500. The fourth-order valence-electron chi connectivity index (χ4n) is 1.88. The van der Waals surface area contributed by atoms with Gasteiger partial charge in [-0.3, -0.25) is 0 Å². The van der Waals surface area contributed by atoms with E-state index in [9.17, 15) is 0 Å². The van der Waals surface area contributed by atoms with Crippen LogP contribution in [0.5, 0.6) is 0 Å². The van der Waals surface area contributed by atoms with E-state index in [1.54, 1.807) is 0 Å². The standard InChI is InChI=1S/C14H22N2S/c1-3-4-10-16(2)11-13(14(15)17)12-8-6-5-7-9-12/h5-9,13H,3-4,10-11H2,1-2H3,(H2,15,17). The lowest BCUT2D eigenvalue weighted by atomic mass is 9.98. The molecular formula is C14H22N2S. The number of nitrogens with zero attached hydrogens (tertiary/aromatic N) is 1. The average molecular weight is 250 g/mol. The quantitative estimate of drug-likeness (QED) is 0.755. The van der Waals surface area contributed by atoms with Crippen molar-refractivity contribution in [1.82, 2.24) is 4.90 Å². The van der Waals surface area contributed by atoms with Crippen LogP contribution in [0.4, 0.5) is 0 Å². The van der Waals surface area contributed by atoms with E-state index >= 15 is 0 Å². The monoisotopic (exact) mass is 250 g/mol. The summed E-state index contributed by atoms with van der Waals surface area (Å²) in [5.74, 6) is 0.160. The zero-order valence-corrected chi connectivity index (χ0v) is 11.5. The van der Waals surface area contributed by atoms with Crippen LogP contribution in [0.15, 0.2) is 30.3 Å². The van der Waals surface area contributed by atoms with Gasteiger partial charge in [0.2, 0.25) is 0 Å². The maximum Gasteiger partial charge on any atom is 0.0816 e. The summed E-state index contributed by atoms with van der Waals surface area (Å²) >= 11 is 5.18. The average Bonchev–Trinajstić information content (AvgIpc) is 2.34. The van der Waals surface area contributed by atoms with Crippen molar-refractivity contribution in [2.45, 2.75) is 25.7 Å². The molecule has 94 valence electrons. The van der Waals surface area contributed by atoms with Gasteiger partial charge >= 0.3 is 0 Å². The molecule has 0 saturated heterocycles. The Labute approximate surface area is 110 Å². The minimum atomic E-state index is 0.160. The number of hydrogen-bond donors (Lipinski definition) is 1. The molecule has 0 spiro atoms. The lowest BCUT2D eigenvalue weighted by Gasteiger charge is -2.23. The van der Waals surface area contributed by atoms with Crippen molar-refractivity contribution in [3.05, 3.63) is 35.9 Å². The highest BCUT2D eigenvalue weighted by Gasteiger charge is 2.16. The van der Waals surface area contributed by atoms with Gasteiger partial charge in [-0.25, -0.2) is 0 Å². The zero-order valence-electron chi connectivity index (χ0n) is 10.7. The molecule has 3 heteroatoms. The smallest absolute Gasteiger partial charge is 0.0816 e. The first-order valence-electron chi connectivity index (χ1n) is 6.18. The molecule has 1 rings (SSSR count). The SMILES string of the molecule is CCCCN(C)CC(C(N)=S)c1ccccc1. The van der Waals surface area contributed by atoms with Crippen molar-refractivity contribution in [2.75, 3.05) is 20.1 Å². The molecule has 0 aliphatic heterocycles. The van der Waals surface area contributed by atoms with Gasteiger partial charge in [-0.15, -0.1) is 0 Å². The third kappa shape index (κ3) is 4.84. The highest BCUT2D eigenvalue weighted by molar-refractivity contribution is 7.80. The molecule has 2 N–H and O–H groups in total. The number of unbranched alkanes of at least 4 members (excludes halogenated alkanes) is 1. The van der Waals surface area contributed by atoms with Crippen LogP contribution >= 0.6 is 12.2 Å². The number of rotatable bonds is 7. The molecule has 0 amide bonds. The van der Waals surface area contributed by atoms with Gasteiger partial charge in [0.05, 0.1) is 4.99 Å². The maximum absolute atomic E-state index is 5.85. The Hall–Kier alpha value is -0.930. The van der Waals surface area contributed by atoms with E-state index in [2.05, 4.69) is 31.0 Å². The van der Waals surface area contributed by atoms with E-state index in [1.165, 1.54) is 18.4 Å². The molecule has 1 unspecified atom stereocenters. The summed E-state index contributed by atoms with van der Waals surface area (Å²) in [5.41, 5.74) is 7.06. The van der Waals surface area contributed by atoms with E-state index in [0.717, 1.165) is 13.1 Å². The van der Waals surface area contributed by atoms with Crippen molar-refractivity contribution >= 4 is 17.2 Å². The number of benzene rings is 1. The van der Waals surface area contributed by atoms with Crippen LogP contribution in [0.25, 0.3) is 0 Å². The van der Waals surface area contributed by atoms with Gasteiger partial charge in [0.25, 0.3) is 0 Å². The van der Waals surface area contributed by atoms with Gasteiger partial charge in [-0.05, 0) is 25.6 Å². The van der Waals surface area contributed by atoms with E-state index in [0.29, 0.717) is 4.99 Å². The lowest BCUT2D eigenvalue weighted by Crippen LogP contribution is -2.32. The summed E-state index contributed by atoms with van der Waals surface area (Å²) in [7, 11) is 2.13. The Morgan fingerprint density at radius 3 is 2.53 bits per heavy atom. The van der Waals surface area contributed by atoms with Crippen molar-refractivity contribution in [3.8, 4) is 0 Å². The Morgan fingerprint density at radius 1 is 1.35 bits per heavy atom. The predicted octanol–water partition coefficient (Wildman–Crippen LogP) is 2.79. The van der Waals surface area contributed by atoms with Gasteiger partial charge in [0.15, 0.2) is 0 Å². The Kier molecular flexibility index (Phi) is 6.16. The summed E-state index contributed by atoms with van der Waals surface area (Å²) in [6.07, 6.45) is 2.43. The molecule has 17 heavy (non-hydrogen) atoms. The van der Waals surface area contributed by atoms with Crippen LogP contribution in [0.1, 0.15) is 31.2 Å². The summed E-state index contributed by atoms with van der Waals surface area (Å²) in [4.78, 5) is 2.89. The second-order valence-corrected chi connectivity index (χ2v) is 4.95. The normalized spacial score (nSPS) is 12.6. The molecule has 1 aromatic rings. The third-order valence-electron chi connectivity index (χ3n) is 2.93. The zero-order chi connectivity index (χ0) is 12.7. The molecule has 0 heterocycles. The predicted molar refractivity (Wildman–Crippen MR) is 78.4 cm³/mol. The van der Waals surface area contributed by atoms with Gasteiger partial charge in [-0.1, -0.05) is 55.9 Å². The highest BCUT2D eigenvalue weighted by atomic mass is 32.1. The molecule has 0 aliphatic rings. The first kappa shape index (κ1) is 14.1. The molecule has 0 radical (unpaired) electrons. The Bertz CT molecular complexity index is 337. The Balaban J connectivity index is 2.65. The molecule has 0 bridgehead atoms. The number of nitrogens with two attached hydrogens (primary N) is 1. The van der Waals surface area contributed by atoms with E-state index in [-0.39, 0.29) is 5.92 Å². The minimum Gasteiger partial charge on any atom is -0.393 e. The first-order chi connectivity index (χ1) is 8.15. The minimum absolute atomic E-state index is 0.160. The van der Waals surface area contributed by atoms with Gasteiger partial charge in [0.1, 0.15) is 0 Å². The van der Waals surface area contributed by atoms with E-state index in [4.69, 9.17) is 18.0 Å². The van der Waals surface area contributed by atoms with Crippen LogP contribution in [0, 0.1) is 0 Å². The molecule has 2 nitrogen and oxygen atoms in total. The van der Waals surface area contributed by atoms with Crippen molar-refractivity contribution in [3.63, 3.8) is 0 Å². The summed E-state index contributed by atoms with van der Waals surface area (Å²) < 4.78 is 0. The molecule has 1 aromatic carbocycles. The molecular weight excluding hydrogens is 228 g/mol. The van der Waals surface area contributed by atoms with Gasteiger partial charge in [0, 0.05) is 12.5 Å². The van der Waals surface area contributed by atoms with Crippen LogP contribution in [-0.2, 0) is 0 Å². The van der Waals surface area contributed by atoms with Crippen LogP contribution in [0.2, 0.25) is 0 Å². The highest BCUT2D eigenvalue weighted by Crippen LogP contribution is 2.17. The summed E-state index contributed by atoms with van der Waals surface area (Å²) in [6, 6.07) is 10.3. The molecule has 0 aliphatic carbocycles. The Morgan fingerprint density at radius 2 is 2.00 bits per heavy atom. The molecule has 0 saturated carbocycles. The number of thiocarbonyl (C=S) groups is 1. The summed E-state index contributed by atoms with van der Waals surface area (Å²) in [5, 5.41) is 0. The van der Waals surface area contributed by atoms with Crippen LogP contribution < -0.4 is 5.73 Å². The largest absolute Gasteiger partial charge is 0.393 e. The van der Waals surface area contributed by atoms with Crippen molar-refractivity contribution in [2.24, 2.45) is 5.73 Å². The second-order valence-electron chi connectivity index (χ2n) is 4.48.